The molecule has 0 amide bonds. The summed E-state index contributed by atoms with van der Waals surface area (Å²) in [6.45, 7) is -1.02. The molecule has 0 fully saturated rings. The minimum Gasteiger partial charge on any atom is -1.00 e. The Labute approximate surface area is 395 Å². The van der Waals surface area contributed by atoms with Gasteiger partial charge in [-0.05, 0) is 108 Å². The van der Waals surface area contributed by atoms with Gasteiger partial charge >= 0.3 is 41.6 Å². The van der Waals surface area contributed by atoms with Crippen molar-refractivity contribution in [2.45, 2.75) is 43.2 Å². The Balaban J connectivity index is -0.000000803. The molecule has 0 spiro atoms. The molecule has 0 heterocycles. The Hall–Kier alpha value is -5.01. The summed E-state index contributed by atoms with van der Waals surface area (Å²) in [4.78, 5) is 17.3. The zero-order valence-corrected chi connectivity index (χ0v) is 37.2. The predicted octanol–water partition coefficient (Wildman–Crippen LogP) is 7.62. The van der Waals surface area contributed by atoms with E-state index in [0.29, 0.717) is 5.75 Å². The van der Waals surface area contributed by atoms with Crippen LogP contribution in [-0.2, 0) is 20.4 Å². The fraction of sp³-hybridized carbons (Fsp3) is 0.175. The van der Waals surface area contributed by atoms with E-state index in [-0.39, 0.29) is 109 Å². The molecule has 0 atom stereocenters. The van der Waals surface area contributed by atoms with Gasteiger partial charge in [-0.15, -0.1) is 0 Å². The van der Waals surface area contributed by atoms with Gasteiger partial charge in [-0.2, -0.15) is 39.5 Å². The van der Waals surface area contributed by atoms with Gasteiger partial charge in [-0.25, -0.2) is 0 Å². The average Bonchev–Trinajstić information content (AvgIpc) is 3.17. The van der Waals surface area contributed by atoms with Gasteiger partial charge in [0.25, 0.3) is 0 Å². The summed E-state index contributed by atoms with van der Waals surface area (Å²) < 4.78 is 142. The van der Waals surface area contributed by atoms with Crippen LogP contribution in [0.1, 0.15) is 36.1 Å². The molecule has 0 saturated carbocycles. The zero-order chi connectivity index (χ0) is 48.3. The number of anilines is 2. The summed E-state index contributed by atoms with van der Waals surface area (Å²) in [5.41, 5.74) is 5.88. The van der Waals surface area contributed by atoms with Crippen molar-refractivity contribution in [3.8, 4) is 28.7 Å². The first-order valence-electron chi connectivity index (χ1n) is 16.5. The monoisotopic (exact) mass is 1070 g/mol. The number of benzene rings is 5. The van der Waals surface area contributed by atoms with Crippen LogP contribution in [0.3, 0.4) is 0 Å². The van der Waals surface area contributed by atoms with Crippen LogP contribution in [0.2, 0.25) is 0 Å². The number of rotatable bonds is 4. The molecule has 5 aromatic carbocycles. The topological polar surface area (TPSA) is 187 Å². The van der Waals surface area contributed by atoms with E-state index in [4.69, 9.17) is 26.2 Å². The molecular formula is C40H36ClF12IMgN2O7. The first-order chi connectivity index (χ1) is 28.4. The molecule has 0 aliphatic rings. The molecule has 5 rings (SSSR count). The molecule has 0 bridgehead atoms. The van der Waals surface area contributed by atoms with Gasteiger partial charge in [-0.3, -0.25) is 9.59 Å². The van der Waals surface area contributed by atoms with E-state index in [2.05, 4.69) is 11.6 Å². The number of hydrogen-bond donors (Lipinski definition) is 7. The Kier molecular flexibility index (Phi) is 27.7. The number of phenolic OH excluding ortho intramolecular Hbond substituents is 5. The van der Waals surface area contributed by atoms with Crippen LogP contribution in [0.4, 0.5) is 64.1 Å². The molecule has 5 aromatic rings. The molecule has 24 heteroatoms. The van der Waals surface area contributed by atoms with E-state index in [1.807, 2.05) is 6.07 Å². The Bertz CT molecular complexity index is 2020. The third-order valence-corrected chi connectivity index (χ3v) is 8.12. The number of aldehydes is 1. The molecule has 0 radical (unpaired) electrons. The Morgan fingerprint density at radius 1 is 0.516 bits per heavy atom. The van der Waals surface area contributed by atoms with E-state index in [0.717, 1.165) is 50.2 Å². The van der Waals surface area contributed by atoms with E-state index in [1.165, 1.54) is 48.5 Å². The van der Waals surface area contributed by atoms with Gasteiger partial charge in [0.2, 0.25) is 12.0 Å². The van der Waals surface area contributed by atoms with Crippen LogP contribution in [0, 0.1) is 6.68 Å². The standard InChI is InChI=1S/C15H15F3N2O2.C15H13F3O2.C6H6O.C2HF3O.CHClO.CF3.HI.Mg/c1-14(15(16,17)18,8-2-4-12(21)10(19)6-8)9-3-5-13(22)11(20)7-9;1-14(15(16,17)18,10-2-6-12(19)7-3-10)11-4-8-13(20)9-5-11;7-6-4-2-1-3-5-6;3-2(4,5)1-6;2-1-3;2-1(3)4;;/h2-7,21-22H,19-20H2,1H3;2-9,19-20H,1H3;1-5,7H;1H;1H;;1H;/q;;;;;-1;;+2/p-1. The quantitative estimate of drug-likeness (QED) is 0.0139. The van der Waals surface area contributed by atoms with Crippen LogP contribution in [-0.4, -0.2) is 79.1 Å². The van der Waals surface area contributed by atoms with Crippen molar-refractivity contribution >= 4 is 58.1 Å². The van der Waals surface area contributed by atoms with Crippen LogP contribution >= 0.6 is 11.6 Å². The third-order valence-electron chi connectivity index (χ3n) is 8.12. The van der Waals surface area contributed by atoms with Crippen molar-refractivity contribution in [1.29, 1.82) is 0 Å². The Morgan fingerprint density at radius 3 is 0.953 bits per heavy atom. The fourth-order valence-corrected chi connectivity index (χ4v) is 4.74. The second-order valence-corrected chi connectivity index (χ2v) is 12.4. The predicted molar refractivity (Wildman–Crippen MR) is 211 cm³/mol. The van der Waals surface area contributed by atoms with E-state index >= 15 is 0 Å². The molecule has 64 heavy (non-hydrogen) atoms. The molecule has 0 unspecified atom stereocenters. The number of aromatic hydroxyl groups is 5. The number of para-hydroxylation sites is 1. The molecule has 0 aromatic heterocycles. The van der Waals surface area contributed by atoms with Crippen LogP contribution in [0.25, 0.3) is 0 Å². The summed E-state index contributed by atoms with van der Waals surface area (Å²) in [6, 6.07) is 25.3. The molecule has 9 N–H and O–H groups in total. The summed E-state index contributed by atoms with van der Waals surface area (Å²) in [5, 5.41) is 45.9. The minimum absolute atomic E-state index is 0. The zero-order valence-electron chi connectivity index (χ0n) is 32.8. The SMILES string of the molecule is CC(c1ccc(O)c(N)c1)(c1ccc(O)c(N)c1)C(F)(F)F.CC(c1ccc(O)cc1)(c1ccc(O)cc1)C(F)(F)F.F[C-](F)F.O=CC(F)(F)F.O=CCl.Oc1ccccc1.[I-].[Mg+2]. The summed E-state index contributed by atoms with van der Waals surface area (Å²) >= 11 is 4.32. The van der Waals surface area contributed by atoms with Gasteiger partial charge in [-0.1, -0.05) is 54.6 Å². The molecule has 0 saturated heterocycles. The molecule has 348 valence electrons. The van der Waals surface area contributed by atoms with Crippen molar-refractivity contribution in [1.82, 2.24) is 0 Å². The second-order valence-electron chi connectivity index (χ2n) is 12.2. The normalized spacial score (nSPS) is 10.9. The maximum absolute atomic E-state index is 13.7. The van der Waals surface area contributed by atoms with Crippen molar-refractivity contribution in [2.75, 3.05) is 11.5 Å². The smallest absolute Gasteiger partial charge is 1.00 e. The van der Waals surface area contributed by atoms with Gasteiger partial charge in [0.05, 0.1) is 11.4 Å². The number of nitrogens with two attached hydrogens (primary N) is 2. The fourth-order valence-electron chi connectivity index (χ4n) is 4.74. The number of phenols is 5. The maximum atomic E-state index is 13.7. The first kappa shape index (κ1) is 63.3. The van der Waals surface area contributed by atoms with Crippen LogP contribution < -0.4 is 35.4 Å². The summed E-state index contributed by atoms with van der Waals surface area (Å²) in [6.07, 6.45) is -14.9. The summed E-state index contributed by atoms with van der Waals surface area (Å²) in [7, 11) is 0. The number of carbonyl (C=O) groups is 2. The second kappa shape index (κ2) is 28.0. The average molecular weight is 1070 g/mol. The van der Waals surface area contributed by atoms with Crippen molar-refractivity contribution in [3.63, 3.8) is 0 Å². The van der Waals surface area contributed by atoms with E-state index < -0.39 is 42.3 Å². The summed E-state index contributed by atoms with van der Waals surface area (Å²) in [5.74, 6) is -0.229. The van der Waals surface area contributed by atoms with Crippen molar-refractivity contribution in [3.05, 3.63) is 144 Å². The van der Waals surface area contributed by atoms with Gasteiger partial charge in [0, 0.05) is 0 Å². The molecule has 9 nitrogen and oxygen atoms in total. The van der Waals surface area contributed by atoms with Gasteiger partial charge < -0.3 is 74.1 Å². The Morgan fingerprint density at radius 2 is 0.750 bits per heavy atom. The number of nitrogen functional groups attached to an aromatic ring is 2. The number of carbonyl (C=O) groups excluding carboxylic acids is 2. The largest absolute Gasteiger partial charge is 2.00 e. The number of hydrogen-bond acceptors (Lipinski definition) is 9. The number of halogens is 14. The van der Waals surface area contributed by atoms with Crippen LogP contribution in [0.15, 0.2) is 115 Å². The van der Waals surface area contributed by atoms with Crippen LogP contribution in [0.5, 0.6) is 28.7 Å². The first-order valence-corrected chi connectivity index (χ1v) is 16.9. The van der Waals surface area contributed by atoms with Crippen molar-refractivity contribution < 1.29 is 112 Å². The molecule has 0 aliphatic carbocycles. The minimum atomic E-state index is -4.64. The third kappa shape index (κ3) is 20.2. The molecular weight excluding hydrogens is 1040 g/mol. The van der Waals surface area contributed by atoms with Gasteiger partial charge in [0.1, 0.15) is 39.6 Å². The molecule has 0 aliphatic heterocycles. The number of alkyl halides is 9. The maximum Gasteiger partial charge on any atom is 2.00 e. The van der Waals surface area contributed by atoms with E-state index in [9.17, 15) is 73.1 Å². The van der Waals surface area contributed by atoms with E-state index in [1.54, 1.807) is 24.3 Å². The van der Waals surface area contributed by atoms with Crippen molar-refractivity contribution in [2.24, 2.45) is 0 Å². The van der Waals surface area contributed by atoms with Gasteiger partial charge in [0.15, 0.2) is 6.68 Å².